The zero-order valence-electron chi connectivity index (χ0n) is 13.3. The Hall–Kier alpha value is -2.65. The monoisotopic (exact) mass is 430 g/mol. The third-order valence-electron chi connectivity index (χ3n) is 3.87. The fraction of sp³-hybridized carbons (Fsp3) is 0.118. The maximum Gasteiger partial charge on any atom is 0.235 e. The van der Waals surface area contributed by atoms with E-state index < -0.39 is 0 Å². The van der Waals surface area contributed by atoms with E-state index in [2.05, 4.69) is 31.2 Å². The topological polar surface area (TPSA) is 70.8 Å². The summed E-state index contributed by atoms with van der Waals surface area (Å²) in [4.78, 5) is 0.722. The second kappa shape index (κ2) is 6.26. The molecule has 7 nitrogen and oxygen atoms in total. The van der Waals surface area contributed by atoms with Gasteiger partial charge in [-0.15, -0.1) is 10.2 Å². The van der Waals surface area contributed by atoms with Crippen LogP contribution in [0.4, 0.5) is 0 Å². The minimum atomic E-state index is 0.236. The lowest BCUT2D eigenvalue weighted by Crippen LogP contribution is -2.02. The molecule has 26 heavy (non-hydrogen) atoms. The highest BCUT2D eigenvalue weighted by Crippen LogP contribution is 2.35. The standard InChI is InChI=1S/C17H11BrN4O3S/c18-12-4-2-1-3-11(12)16-21-22-15(19-20-17(22)26-16)8-23-10-5-6-13-14(7-10)25-9-24-13/h1-7H,8-9H2. The van der Waals surface area contributed by atoms with E-state index in [4.69, 9.17) is 14.2 Å². The molecule has 0 bridgehead atoms. The first-order valence-electron chi connectivity index (χ1n) is 7.76. The highest BCUT2D eigenvalue weighted by atomic mass is 79.9. The Bertz CT molecular complexity index is 1110. The minimum absolute atomic E-state index is 0.236. The minimum Gasteiger partial charge on any atom is -0.485 e. The average molecular weight is 431 g/mol. The maximum atomic E-state index is 5.82. The van der Waals surface area contributed by atoms with Gasteiger partial charge in [0.2, 0.25) is 11.8 Å². The molecule has 0 radical (unpaired) electrons. The third kappa shape index (κ3) is 2.69. The van der Waals surface area contributed by atoms with Crippen molar-refractivity contribution in [2.45, 2.75) is 6.61 Å². The van der Waals surface area contributed by atoms with Crippen molar-refractivity contribution in [3.05, 3.63) is 52.8 Å². The van der Waals surface area contributed by atoms with E-state index in [-0.39, 0.29) is 13.4 Å². The van der Waals surface area contributed by atoms with Gasteiger partial charge in [-0.3, -0.25) is 0 Å². The Morgan fingerprint density at radius 3 is 2.92 bits per heavy atom. The molecule has 2 aromatic heterocycles. The van der Waals surface area contributed by atoms with Crippen LogP contribution in [0.5, 0.6) is 17.2 Å². The molecule has 0 amide bonds. The van der Waals surface area contributed by atoms with Crippen LogP contribution in [0.25, 0.3) is 15.5 Å². The summed E-state index contributed by atoms with van der Waals surface area (Å²) in [6.07, 6.45) is 0. The van der Waals surface area contributed by atoms with Crippen LogP contribution in [0, 0.1) is 0 Å². The normalized spacial score (nSPS) is 12.7. The first-order valence-corrected chi connectivity index (χ1v) is 9.37. The van der Waals surface area contributed by atoms with Crippen LogP contribution in [0.2, 0.25) is 0 Å². The third-order valence-corrected chi connectivity index (χ3v) is 5.50. The van der Waals surface area contributed by atoms with Crippen LogP contribution in [0.3, 0.4) is 0 Å². The van der Waals surface area contributed by atoms with E-state index >= 15 is 0 Å². The van der Waals surface area contributed by atoms with Crippen LogP contribution in [0.1, 0.15) is 5.82 Å². The van der Waals surface area contributed by atoms with Crippen molar-refractivity contribution in [3.8, 4) is 27.8 Å². The van der Waals surface area contributed by atoms with Gasteiger partial charge in [-0.1, -0.05) is 45.5 Å². The summed E-state index contributed by atoms with van der Waals surface area (Å²) in [5, 5.41) is 13.9. The molecule has 5 rings (SSSR count). The zero-order chi connectivity index (χ0) is 17.5. The molecule has 1 aliphatic rings. The number of ether oxygens (including phenoxy) is 3. The van der Waals surface area contributed by atoms with E-state index in [0.29, 0.717) is 17.3 Å². The van der Waals surface area contributed by atoms with Crippen molar-refractivity contribution in [2.24, 2.45) is 0 Å². The van der Waals surface area contributed by atoms with E-state index in [1.54, 1.807) is 10.6 Å². The van der Waals surface area contributed by atoms with Gasteiger partial charge in [-0.25, -0.2) is 0 Å². The number of hydrogen-bond donors (Lipinski definition) is 0. The summed E-state index contributed by atoms with van der Waals surface area (Å²) in [5.74, 6) is 2.71. The SMILES string of the molecule is Brc1ccccc1-c1nn2c(COc3ccc4c(c3)OCO4)nnc2s1. The highest BCUT2D eigenvalue weighted by molar-refractivity contribution is 9.10. The van der Waals surface area contributed by atoms with E-state index in [0.717, 1.165) is 25.8 Å². The Kier molecular flexibility index (Phi) is 3.75. The van der Waals surface area contributed by atoms with Crippen LogP contribution >= 0.6 is 27.3 Å². The van der Waals surface area contributed by atoms with Gasteiger partial charge in [-0.05, 0) is 18.2 Å². The van der Waals surface area contributed by atoms with Crippen LogP contribution in [-0.4, -0.2) is 26.6 Å². The van der Waals surface area contributed by atoms with Gasteiger partial charge in [0, 0.05) is 16.1 Å². The lowest BCUT2D eigenvalue weighted by molar-refractivity contribution is 0.173. The van der Waals surface area contributed by atoms with E-state index in [1.807, 2.05) is 36.4 Å². The molecular weight excluding hydrogens is 420 g/mol. The van der Waals surface area contributed by atoms with Crippen molar-refractivity contribution in [1.82, 2.24) is 19.8 Å². The Morgan fingerprint density at radius 1 is 1.12 bits per heavy atom. The number of halogens is 1. The number of rotatable bonds is 4. The Labute approximate surface area is 160 Å². The molecule has 0 fully saturated rings. The van der Waals surface area contributed by atoms with Crippen molar-refractivity contribution in [3.63, 3.8) is 0 Å². The first kappa shape index (κ1) is 15.6. The average Bonchev–Trinajstić information content (AvgIpc) is 3.36. The molecule has 0 spiro atoms. The first-order chi connectivity index (χ1) is 12.8. The number of hydrogen-bond acceptors (Lipinski definition) is 7. The molecular formula is C17H11BrN4O3S. The zero-order valence-corrected chi connectivity index (χ0v) is 15.7. The number of fused-ring (bicyclic) bond motifs is 2. The smallest absolute Gasteiger partial charge is 0.235 e. The number of aromatic nitrogens is 4. The summed E-state index contributed by atoms with van der Waals surface area (Å²) in [7, 11) is 0. The van der Waals surface area contributed by atoms with Gasteiger partial charge in [0.25, 0.3) is 0 Å². The van der Waals surface area contributed by atoms with Crippen molar-refractivity contribution in [2.75, 3.05) is 6.79 Å². The van der Waals surface area contributed by atoms with E-state index in [1.165, 1.54) is 11.3 Å². The molecule has 0 saturated heterocycles. The fourth-order valence-corrected chi connectivity index (χ4v) is 4.11. The predicted molar refractivity (Wildman–Crippen MR) is 98.7 cm³/mol. The van der Waals surface area contributed by atoms with E-state index in [9.17, 15) is 0 Å². The molecule has 0 saturated carbocycles. The molecule has 0 N–H and O–H groups in total. The molecule has 9 heteroatoms. The molecule has 130 valence electrons. The Balaban J connectivity index is 1.40. The fourth-order valence-electron chi connectivity index (χ4n) is 2.61. The number of benzene rings is 2. The summed E-state index contributed by atoms with van der Waals surface area (Å²) < 4.78 is 19.2. The molecule has 2 aromatic carbocycles. The Morgan fingerprint density at radius 2 is 2.00 bits per heavy atom. The molecule has 4 aromatic rings. The summed E-state index contributed by atoms with van der Waals surface area (Å²) in [5.41, 5.74) is 1.02. The van der Waals surface area contributed by atoms with Gasteiger partial charge in [0.1, 0.15) is 17.4 Å². The van der Waals surface area contributed by atoms with Crippen molar-refractivity contribution >= 4 is 32.2 Å². The molecule has 0 aliphatic carbocycles. The molecule has 3 heterocycles. The van der Waals surface area contributed by atoms with Gasteiger partial charge >= 0.3 is 0 Å². The summed E-state index contributed by atoms with van der Waals surface area (Å²) >= 11 is 5.04. The van der Waals surface area contributed by atoms with Gasteiger partial charge in [0.15, 0.2) is 17.3 Å². The quantitative estimate of drug-likeness (QED) is 0.488. The van der Waals surface area contributed by atoms with Gasteiger partial charge < -0.3 is 14.2 Å². The molecule has 0 unspecified atom stereocenters. The lowest BCUT2D eigenvalue weighted by Gasteiger charge is -2.05. The predicted octanol–water partition coefficient (Wildman–Crippen LogP) is 3.92. The van der Waals surface area contributed by atoms with Crippen molar-refractivity contribution in [1.29, 1.82) is 0 Å². The van der Waals surface area contributed by atoms with Crippen molar-refractivity contribution < 1.29 is 14.2 Å². The summed E-state index contributed by atoms with van der Waals surface area (Å²) in [6.45, 7) is 0.486. The molecule has 1 aliphatic heterocycles. The van der Waals surface area contributed by atoms with Crippen LogP contribution < -0.4 is 14.2 Å². The second-order valence-corrected chi connectivity index (χ2v) is 7.31. The van der Waals surface area contributed by atoms with Gasteiger partial charge in [-0.2, -0.15) is 9.61 Å². The lowest BCUT2D eigenvalue weighted by atomic mass is 10.2. The number of nitrogens with zero attached hydrogens (tertiary/aromatic N) is 4. The highest BCUT2D eigenvalue weighted by Gasteiger charge is 2.16. The largest absolute Gasteiger partial charge is 0.485 e. The maximum absolute atomic E-state index is 5.82. The van der Waals surface area contributed by atoms with Gasteiger partial charge in [0.05, 0.1) is 0 Å². The second-order valence-electron chi connectivity index (χ2n) is 5.50. The van der Waals surface area contributed by atoms with Crippen LogP contribution in [-0.2, 0) is 6.61 Å². The van der Waals surface area contributed by atoms with Crippen LogP contribution in [0.15, 0.2) is 46.9 Å². The molecule has 0 atom stereocenters. The summed E-state index contributed by atoms with van der Waals surface area (Å²) in [6, 6.07) is 13.4.